The van der Waals surface area contributed by atoms with Crippen LogP contribution in [0.15, 0.2) is 76.7 Å². The van der Waals surface area contributed by atoms with Crippen molar-refractivity contribution in [2.24, 2.45) is 10.7 Å². The second-order valence-corrected chi connectivity index (χ2v) is 11.2. The normalized spacial score (nSPS) is 29.1. The number of amides is 1. The van der Waals surface area contributed by atoms with Gasteiger partial charge in [-0.25, -0.2) is 0 Å². The molecule has 0 saturated carbocycles. The summed E-state index contributed by atoms with van der Waals surface area (Å²) in [5.41, 5.74) is 9.77. The molecule has 5 aliphatic rings. The molecule has 2 bridgehead atoms. The summed E-state index contributed by atoms with van der Waals surface area (Å²) in [6, 6.07) is 0.583. The number of carbonyl (C=O) groups is 1. The van der Waals surface area contributed by atoms with Crippen LogP contribution in [-0.2, 0) is 9.53 Å². The number of ether oxygens (including phenoxy) is 1. The third-order valence-corrected chi connectivity index (χ3v) is 8.53. The number of piperazine rings is 1. The first kappa shape index (κ1) is 27.6. The van der Waals surface area contributed by atoms with Crippen LogP contribution in [0.5, 0.6) is 0 Å². The number of rotatable bonds is 8. The summed E-state index contributed by atoms with van der Waals surface area (Å²) in [6.07, 6.45) is 24.3. The van der Waals surface area contributed by atoms with Crippen molar-refractivity contribution in [3.63, 3.8) is 0 Å². The summed E-state index contributed by atoms with van der Waals surface area (Å²) in [6.45, 7) is 7.43. The molecule has 39 heavy (non-hydrogen) atoms. The zero-order chi connectivity index (χ0) is 27.2. The van der Waals surface area contributed by atoms with Gasteiger partial charge in [-0.3, -0.25) is 4.90 Å². The Balaban J connectivity index is 1.10. The Kier molecular flexibility index (Phi) is 9.15. The van der Waals surface area contributed by atoms with Gasteiger partial charge in [0.15, 0.2) is 0 Å². The van der Waals surface area contributed by atoms with Crippen LogP contribution in [0.1, 0.15) is 38.5 Å². The van der Waals surface area contributed by atoms with E-state index in [4.69, 9.17) is 10.5 Å². The van der Waals surface area contributed by atoms with E-state index >= 15 is 0 Å². The number of likely N-dealkylation sites (N-methyl/N-ethyl adjacent to an activating group) is 1. The van der Waals surface area contributed by atoms with E-state index in [1.54, 1.807) is 13.2 Å². The molecule has 1 saturated heterocycles. The van der Waals surface area contributed by atoms with Crippen LogP contribution in [-0.4, -0.2) is 97.8 Å². The number of amidine groups is 1. The number of methoxy groups -OCH3 is 1. The maximum atomic E-state index is 12.9. The molecule has 0 aromatic carbocycles. The van der Waals surface area contributed by atoms with E-state index < -0.39 is 0 Å². The molecule has 3 atom stereocenters. The molecule has 206 valence electrons. The van der Waals surface area contributed by atoms with Gasteiger partial charge in [0.2, 0.25) is 0 Å². The molecule has 5 rings (SSSR count). The van der Waals surface area contributed by atoms with Crippen LogP contribution < -0.4 is 5.73 Å². The Hall–Kier alpha value is -2.97. The quantitative estimate of drug-likeness (QED) is 0.227. The molecule has 1 amide bonds. The van der Waals surface area contributed by atoms with Crippen molar-refractivity contribution in [2.45, 2.75) is 56.4 Å². The molecule has 8 heteroatoms. The number of nitrogens with zero attached hydrogens (tertiary/aromatic N) is 4. The fourth-order valence-corrected chi connectivity index (χ4v) is 6.17. The van der Waals surface area contributed by atoms with Gasteiger partial charge in [-0.2, -0.15) is 0 Å². The monoisotopic (exact) mass is 527 g/mol. The first-order chi connectivity index (χ1) is 19.0. The molecule has 4 heterocycles. The Morgan fingerprint density at radius 2 is 2.05 bits per heavy atom. The molecule has 2 N–H and O–H groups in total. The van der Waals surface area contributed by atoms with Crippen molar-refractivity contribution in [3.8, 4) is 0 Å². The number of fused-ring (bicyclic) bond motifs is 1. The topological polar surface area (TPSA) is 74.4 Å². The zero-order valence-electron chi connectivity index (χ0n) is 23.5. The van der Waals surface area contributed by atoms with Crippen molar-refractivity contribution in [2.75, 3.05) is 46.9 Å². The fourth-order valence-electron chi connectivity index (χ4n) is 6.17. The van der Waals surface area contributed by atoms with Gasteiger partial charge in [0.05, 0.1) is 0 Å². The Bertz CT molecular complexity index is 1170. The van der Waals surface area contributed by atoms with E-state index in [2.05, 4.69) is 65.2 Å². The number of hydrogen-bond donors (Lipinski definition) is 1. The standard InChI is InChI=1S/C31H42BN5O2/c1-35-18-20-36(21-19-35)26-14-12-25(13-15-26)34-29(33)9-4-3-6-23-10-17-30(38)37(22-23)27-16-11-24-7-5-8-28(39-2)31(27)32-24/h5-8,10,12-14,17,26-27,31H,3-4,9,11,15-16,18-22H2,1-2H3,(H2,33,34). The third-order valence-electron chi connectivity index (χ3n) is 8.53. The average Bonchev–Trinajstić information content (AvgIpc) is 3.11. The molecule has 0 aromatic heterocycles. The van der Waals surface area contributed by atoms with Crippen LogP contribution in [0.25, 0.3) is 0 Å². The van der Waals surface area contributed by atoms with E-state index in [1.807, 2.05) is 17.1 Å². The van der Waals surface area contributed by atoms with E-state index in [-0.39, 0.29) is 17.8 Å². The number of nitrogens with two attached hydrogens (primary N) is 1. The van der Waals surface area contributed by atoms with Crippen LogP contribution in [0, 0.1) is 0 Å². The minimum atomic E-state index is 0.0849. The van der Waals surface area contributed by atoms with E-state index in [1.165, 1.54) is 11.0 Å². The summed E-state index contributed by atoms with van der Waals surface area (Å²) in [5.74, 6) is 1.79. The summed E-state index contributed by atoms with van der Waals surface area (Å²) in [7, 11) is 3.91. The molecule has 3 unspecified atom stereocenters. The van der Waals surface area contributed by atoms with E-state index in [9.17, 15) is 4.79 Å². The van der Waals surface area contributed by atoms with Gasteiger partial charge in [-0.15, -0.1) is 0 Å². The molecule has 4 aliphatic heterocycles. The van der Waals surface area contributed by atoms with Gasteiger partial charge in [-0.1, -0.05) is 12.2 Å². The number of hydrogen-bond acceptors (Lipinski definition) is 5. The molecule has 1 fully saturated rings. The number of unbranched alkanes of at least 4 members (excludes halogenated alkanes) is 1. The van der Waals surface area contributed by atoms with Crippen LogP contribution in [0.4, 0.5) is 0 Å². The SMILES string of the molecule is COC1=CC=CC2=BC1C(N1CC(=CCCCC(N)=NC3=CCC(N4CCN(C)CC4)C=C3)C=CC1=O)CC2. The molecule has 1 aliphatic carbocycles. The first-order valence-electron chi connectivity index (χ1n) is 14.4. The predicted molar refractivity (Wildman–Crippen MR) is 161 cm³/mol. The van der Waals surface area contributed by atoms with Gasteiger partial charge < -0.3 is 4.90 Å². The fraction of sp³-hybridized carbons (Fsp3) is 0.516. The first-order valence-corrected chi connectivity index (χ1v) is 14.4. The molecule has 0 aromatic rings. The molecular formula is C31H42BN5O2. The number of aliphatic imine (C=N–C) groups is 1. The van der Waals surface area contributed by atoms with Gasteiger partial charge in [-0.05, 0) is 19.5 Å². The van der Waals surface area contributed by atoms with Crippen molar-refractivity contribution in [3.05, 3.63) is 71.7 Å². The third kappa shape index (κ3) is 6.98. The van der Waals surface area contributed by atoms with Gasteiger partial charge in [0.25, 0.3) is 0 Å². The number of carbonyl (C=O) groups excluding carboxylic acids is 1. The maximum absolute atomic E-state index is 12.9. The van der Waals surface area contributed by atoms with Gasteiger partial charge >= 0.3 is 160 Å². The van der Waals surface area contributed by atoms with Gasteiger partial charge in [0, 0.05) is 32.2 Å². The predicted octanol–water partition coefficient (Wildman–Crippen LogP) is 3.23. The average molecular weight is 528 g/mol. The summed E-state index contributed by atoms with van der Waals surface area (Å²) in [4.78, 5) is 24.5. The summed E-state index contributed by atoms with van der Waals surface area (Å²) >= 11 is 0. The second kappa shape index (κ2) is 12.9. The van der Waals surface area contributed by atoms with Crippen molar-refractivity contribution in [1.82, 2.24) is 14.7 Å². The Labute approximate surface area is 234 Å². The Morgan fingerprint density at radius 1 is 1.21 bits per heavy atom. The minimum absolute atomic E-state index is 0.0849. The molecular weight excluding hydrogens is 485 g/mol. The van der Waals surface area contributed by atoms with Crippen molar-refractivity contribution >= 4 is 24.1 Å². The number of allylic oxidation sites excluding steroid dienone is 5. The van der Waals surface area contributed by atoms with Gasteiger partial charge in [0.1, 0.15) is 0 Å². The summed E-state index contributed by atoms with van der Waals surface area (Å²) in [5, 5.41) is 0. The van der Waals surface area contributed by atoms with E-state index in [0.717, 1.165) is 76.2 Å². The zero-order valence-corrected chi connectivity index (χ0v) is 23.5. The molecule has 7 nitrogen and oxygen atoms in total. The molecule has 0 spiro atoms. The molecule has 0 radical (unpaired) electrons. The Morgan fingerprint density at radius 3 is 2.82 bits per heavy atom. The van der Waals surface area contributed by atoms with Crippen LogP contribution in [0.2, 0.25) is 5.82 Å². The second-order valence-electron chi connectivity index (χ2n) is 11.2. The van der Waals surface area contributed by atoms with Crippen LogP contribution >= 0.6 is 0 Å². The van der Waals surface area contributed by atoms with Crippen LogP contribution in [0.3, 0.4) is 0 Å². The van der Waals surface area contributed by atoms with Crippen molar-refractivity contribution in [1.29, 1.82) is 0 Å². The summed E-state index contributed by atoms with van der Waals surface area (Å²) < 4.78 is 5.69. The van der Waals surface area contributed by atoms with Crippen molar-refractivity contribution < 1.29 is 9.53 Å². The van der Waals surface area contributed by atoms with E-state index in [0.29, 0.717) is 18.4 Å².